The van der Waals surface area contributed by atoms with E-state index in [-0.39, 0.29) is 12.2 Å². The van der Waals surface area contributed by atoms with E-state index in [0.717, 1.165) is 19.5 Å². The largest absolute Gasteiger partial charge is 0.446 e. The highest BCUT2D eigenvalue weighted by Gasteiger charge is 2.29. The minimum atomic E-state index is -0.155. The number of amides is 1. The molecule has 1 heterocycles. The molecule has 0 aliphatic carbocycles. The first-order valence-corrected chi connectivity index (χ1v) is 5.47. The molecular formula is C8H14INO2. The summed E-state index contributed by atoms with van der Waals surface area (Å²) in [7, 11) is 0. The first kappa shape index (κ1) is 10.1. The molecule has 4 heteroatoms. The molecule has 0 aromatic carbocycles. The molecule has 0 saturated carbocycles. The molecular weight excluding hydrogens is 269 g/mol. The lowest BCUT2D eigenvalue weighted by atomic mass is 10.2. The van der Waals surface area contributed by atoms with Crippen LogP contribution in [-0.2, 0) is 4.74 Å². The third kappa shape index (κ3) is 2.50. The number of likely N-dealkylation sites (tertiary alicyclic amines) is 1. The van der Waals surface area contributed by atoms with E-state index in [1.54, 1.807) is 4.90 Å². The molecule has 1 rings (SSSR count). The number of carbonyl (C=O) groups is 1. The lowest BCUT2D eigenvalue weighted by Gasteiger charge is -2.35. The Kier molecular flexibility index (Phi) is 3.61. The summed E-state index contributed by atoms with van der Waals surface area (Å²) in [6.07, 6.45) is 0.774. The van der Waals surface area contributed by atoms with Gasteiger partial charge in [0.1, 0.15) is 6.10 Å². The molecule has 1 amide bonds. The second-order valence-corrected chi connectivity index (χ2v) is 4.87. The highest BCUT2D eigenvalue weighted by Crippen LogP contribution is 2.17. The molecule has 0 bridgehead atoms. The summed E-state index contributed by atoms with van der Waals surface area (Å²) < 4.78 is 5.75. The molecule has 1 aliphatic rings. The number of ether oxygens (including phenoxy) is 1. The minimum Gasteiger partial charge on any atom is -0.446 e. The van der Waals surface area contributed by atoms with Crippen molar-refractivity contribution in [3.05, 3.63) is 0 Å². The van der Waals surface area contributed by atoms with Gasteiger partial charge < -0.3 is 9.64 Å². The predicted octanol–water partition coefficient (Wildman–Crippen LogP) is 2.04. The van der Waals surface area contributed by atoms with E-state index in [1.165, 1.54) is 0 Å². The zero-order valence-electron chi connectivity index (χ0n) is 7.42. The molecule has 0 aromatic heterocycles. The van der Waals surface area contributed by atoms with Gasteiger partial charge in [0.15, 0.2) is 0 Å². The Hall–Kier alpha value is 0. The lowest BCUT2D eigenvalue weighted by Crippen LogP contribution is -2.51. The third-order valence-corrected chi connectivity index (χ3v) is 2.76. The Bertz CT molecular complexity index is 168. The summed E-state index contributed by atoms with van der Waals surface area (Å²) in [6, 6.07) is 0. The quantitative estimate of drug-likeness (QED) is 0.573. The molecule has 70 valence electrons. The number of hydrogen-bond donors (Lipinski definition) is 0. The third-order valence-electron chi connectivity index (χ3n) is 1.97. The molecule has 12 heavy (non-hydrogen) atoms. The lowest BCUT2D eigenvalue weighted by molar-refractivity contribution is 0.0549. The number of carbonyl (C=O) groups excluding carboxylic acids is 1. The van der Waals surface area contributed by atoms with Crippen molar-refractivity contribution in [3.63, 3.8) is 0 Å². The van der Waals surface area contributed by atoms with Crippen LogP contribution >= 0.6 is 22.6 Å². The van der Waals surface area contributed by atoms with Gasteiger partial charge in [-0.2, -0.15) is 0 Å². The van der Waals surface area contributed by atoms with E-state index in [1.807, 2.05) is 13.8 Å². The fourth-order valence-electron chi connectivity index (χ4n) is 0.904. The second kappa shape index (κ2) is 4.30. The van der Waals surface area contributed by atoms with E-state index in [2.05, 4.69) is 22.6 Å². The fraction of sp³-hybridized carbons (Fsp3) is 0.875. The molecule has 1 aliphatic heterocycles. The van der Waals surface area contributed by atoms with E-state index in [9.17, 15) is 4.79 Å². The van der Waals surface area contributed by atoms with E-state index in [4.69, 9.17) is 4.74 Å². The SMILES string of the molecule is CCC(C)OC(=O)N1CC(I)C1. The summed E-state index contributed by atoms with van der Waals surface area (Å²) in [6.45, 7) is 5.61. The molecule has 3 nitrogen and oxygen atoms in total. The number of hydrogen-bond acceptors (Lipinski definition) is 2. The molecule has 1 unspecified atom stereocenters. The van der Waals surface area contributed by atoms with Crippen LogP contribution in [-0.4, -0.2) is 34.1 Å². The maximum absolute atomic E-state index is 11.2. The average molecular weight is 283 g/mol. The normalized spacial score (nSPS) is 20.1. The first-order valence-electron chi connectivity index (χ1n) is 4.23. The average Bonchev–Trinajstić information content (AvgIpc) is 1.98. The summed E-state index contributed by atoms with van der Waals surface area (Å²) in [5.41, 5.74) is 0. The molecule has 0 spiro atoms. The molecule has 0 aromatic rings. The Labute approximate surface area is 86.6 Å². The zero-order chi connectivity index (χ0) is 9.14. The van der Waals surface area contributed by atoms with Crippen molar-refractivity contribution in [1.29, 1.82) is 0 Å². The highest BCUT2D eigenvalue weighted by atomic mass is 127. The van der Waals surface area contributed by atoms with E-state index in [0.29, 0.717) is 3.92 Å². The van der Waals surface area contributed by atoms with E-state index >= 15 is 0 Å². The monoisotopic (exact) mass is 283 g/mol. The first-order chi connectivity index (χ1) is 5.63. The molecule has 1 atom stereocenters. The van der Waals surface area contributed by atoms with Crippen molar-refractivity contribution in [1.82, 2.24) is 4.90 Å². The molecule has 0 N–H and O–H groups in total. The fourth-order valence-corrected chi connectivity index (χ4v) is 1.85. The summed E-state index contributed by atoms with van der Waals surface area (Å²) in [5.74, 6) is 0. The van der Waals surface area contributed by atoms with Gasteiger partial charge in [-0.3, -0.25) is 0 Å². The molecule has 0 radical (unpaired) electrons. The highest BCUT2D eigenvalue weighted by molar-refractivity contribution is 14.1. The van der Waals surface area contributed by atoms with Gasteiger partial charge in [0.2, 0.25) is 0 Å². The maximum Gasteiger partial charge on any atom is 0.410 e. The smallest absolute Gasteiger partial charge is 0.410 e. The van der Waals surface area contributed by atoms with Crippen LogP contribution in [0, 0.1) is 0 Å². The Morgan fingerprint density at radius 1 is 1.75 bits per heavy atom. The number of nitrogens with zero attached hydrogens (tertiary/aromatic N) is 1. The summed E-state index contributed by atoms with van der Waals surface area (Å²) in [4.78, 5) is 13.0. The Balaban J connectivity index is 2.20. The second-order valence-electron chi connectivity index (χ2n) is 3.10. The van der Waals surface area contributed by atoms with Gasteiger partial charge in [0, 0.05) is 17.0 Å². The van der Waals surface area contributed by atoms with Crippen LogP contribution in [0.2, 0.25) is 0 Å². The minimum absolute atomic E-state index is 0.0470. The van der Waals surface area contributed by atoms with Crippen LogP contribution in [0.3, 0.4) is 0 Å². The van der Waals surface area contributed by atoms with Crippen molar-refractivity contribution < 1.29 is 9.53 Å². The Morgan fingerprint density at radius 3 is 2.75 bits per heavy atom. The van der Waals surface area contributed by atoms with Gasteiger partial charge in [-0.25, -0.2) is 4.79 Å². The molecule has 1 saturated heterocycles. The predicted molar refractivity (Wildman–Crippen MR) is 55.6 cm³/mol. The Morgan fingerprint density at radius 2 is 2.33 bits per heavy atom. The van der Waals surface area contributed by atoms with Crippen molar-refractivity contribution in [2.24, 2.45) is 0 Å². The van der Waals surface area contributed by atoms with E-state index < -0.39 is 0 Å². The van der Waals surface area contributed by atoms with Gasteiger partial charge in [-0.05, 0) is 13.3 Å². The number of halogens is 1. The van der Waals surface area contributed by atoms with Gasteiger partial charge in [0.05, 0.1) is 0 Å². The maximum atomic E-state index is 11.2. The van der Waals surface area contributed by atoms with Crippen molar-refractivity contribution in [2.45, 2.75) is 30.3 Å². The van der Waals surface area contributed by atoms with Crippen LogP contribution in [0.1, 0.15) is 20.3 Å². The zero-order valence-corrected chi connectivity index (χ0v) is 9.58. The van der Waals surface area contributed by atoms with Crippen LogP contribution in [0.4, 0.5) is 4.79 Å². The molecule has 1 fully saturated rings. The van der Waals surface area contributed by atoms with Crippen molar-refractivity contribution in [3.8, 4) is 0 Å². The van der Waals surface area contributed by atoms with Crippen LogP contribution in [0.15, 0.2) is 0 Å². The van der Waals surface area contributed by atoms with Gasteiger partial charge in [-0.15, -0.1) is 0 Å². The van der Waals surface area contributed by atoms with Crippen molar-refractivity contribution >= 4 is 28.7 Å². The van der Waals surface area contributed by atoms with Gasteiger partial charge in [-0.1, -0.05) is 29.5 Å². The number of rotatable bonds is 2. The topological polar surface area (TPSA) is 29.5 Å². The van der Waals surface area contributed by atoms with Gasteiger partial charge >= 0.3 is 6.09 Å². The number of alkyl halides is 1. The summed E-state index contributed by atoms with van der Waals surface area (Å²) in [5, 5.41) is 0. The van der Waals surface area contributed by atoms with Crippen LogP contribution in [0.5, 0.6) is 0 Å². The van der Waals surface area contributed by atoms with Gasteiger partial charge in [0.25, 0.3) is 0 Å². The van der Waals surface area contributed by atoms with Crippen LogP contribution < -0.4 is 0 Å². The standard InChI is InChI=1S/C8H14INO2/c1-3-6(2)12-8(11)10-4-7(9)5-10/h6-7H,3-5H2,1-2H3. The summed E-state index contributed by atoms with van der Waals surface area (Å²) >= 11 is 2.34. The van der Waals surface area contributed by atoms with Crippen LogP contribution in [0.25, 0.3) is 0 Å². The van der Waals surface area contributed by atoms with Crippen molar-refractivity contribution in [2.75, 3.05) is 13.1 Å².